The molecule has 0 aliphatic rings. The molecule has 0 bridgehead atoms. The number of halogens is 1. The number of amides is 1. The van der Waals surface area contributed by atoms with Crippen LogP contribution in [0.3, 0.4) is 0 Å². The zero-order valence-electron chi connectivity index (χ0n) is 6.90. The lowest BCUT2D eigenvalue weighted by molar-refractivity contribution is -0.118. The van der Waals surface area contributed by atoms with E-state index in [1.807, 2.05) is 0 Å². The van der Waals surface area contributed by atoms with E-state index in [0.717, 1.165) is 0 Å². The first-order valence-corrected chi connectivity index (χ1v) is 4.11. The molecule has 13 heavy (non-hydrogen) atoms. The number of pyridine rings is 1. The number of hydrogen-bond acceptors (Lipinski definition) is 3. The van der Waals surface area contributed by atoms with E-state index in [0.29, 0.717) is 10.6 Å². The van der Waals surface area contributed by atoms with Gasteiger partial charge in [-0.1, -0.05) is 11.6 Å². The van der Waals surface area contributed by atoms with E-state index in [1.54, 1.807) is 12.3 Å². The number of nitrogens with zero attached hydrogens (tertiary/aromatic N) is 1. The molecular weight excluding hydrogens is 190 g/mol. The lowest BCUT2D eigenvalue weighted by atomic mass is 10.1. The van der Waals surface area contributed by atoms with Crippen molar-refractivity contribution in [1.29, 1.82) is 0 Å². The summed E-state index contributed by atoms with van der Waals surface area (Å²) in [6.45, 7) is 0. The van der Waals surface area contributed by atoms with Crippen LogP contribution >= 0.6 is 11.6 Å². The summed E-state index contributed by atoms with van der Waals surface area (Å²) >= 11 is 5.69. The number of carbonyl (C=O) groups is 1. The molecule has 0 fully saturated rings. The first-order valence-electron chi connectivity index (χ1n) is 3.74. The number of primary amides is 1. The van der Waals surface area contributed by atoms with Gasteiger partial charge in [-0.15, -0.1) is 0 Å². The molecule has 4 N–H and O–H groups in total. The molecule has 1 unspecified atom stereocenters. The van der Waals surface area contributed by atoms with Crippen LogP contribution in [0.15, 0.2) is 18.5 Å². The molecule has 0 saturated carbocycles. The number of aromatic nitrogens is 1. The molecule has 4 nitrogen and oxygen atoms in total. The first-order chi connectivity index (χ1) is 6.09. The Morgan fingerprint density at radius 2 is 2.31 bits per heavy atom. The second-order valence-electron chi connectivity index (χ2n) is 2.71. The van der Waals surface area contributed by atoms with Gasteiger partial charge in [-0.2, -0.15) is 0 Å². The molecule has 1 aromatic heterocycles. The van der Waals surface area contributed by atoms with Gasteiger partial charge in [0.05, 0.1) is 5.02 Å². The largest absolute Gasteiger partial charge is 0.370 e. The van der Waals surface area contributed by atoms with Crippen molar-refractivity contribution in [2.45, 2.75) is 12.5 Å². The van der Waals surface area contributed by atoms with Crippen LogP contribution in [0.4, 0.5) is 0 Å². The van der Waals surface area contributed by atoms with Crippen LogP contribution in [-0.2, 0) is 4.79 Å². The van der Waals surface area contributed by atoms with Gasteiger partial charge in [0.25, 0.3) is 0 Å². The van der Waals surface area contributed by atoms with E-state index in [2.05, 4.69) is 4.98 Å². The van der Waals surface area contributed by atoms with Crippen LogP contribution in [0.5, 0.6) is 0 Å². The highest BCUT2D eigenvalue weighted by Gasteiger charge is 2.09. The Hall–Kier alpha value is -1.13. The van der Waals surface area contributed by atoms with Crippen LogP contribution < -0.4 is 11.5 Å². The summed E-state index contributed by atoms with van der Waals surface area (Å²) in [6.07, 6.45) is 3.17. The van der Waals surface area contributed by atoms with E-state index in [9.17, 15) is 4.79 Å². The highest BCUT2D eigenvalue weighted by Crippen LogP contribution is 2.16. The van der Waals surface area contributed by atoms with Crippen molar-refractivity contribution in [3.05, 3.63) is 29.0 Å². The monoisotopic (exact) mass is 199 g/mol. The molecule has 1 heterocycles. The van der Waals surface area contributed by atoms with Crippen LogP contribution in [0, 0.1) is 0 Å². The predicted octanol–water partition coefficient (Wildman–Crippen LogP) is 0.610. The molecule has 0 spiro atoms. The molecule has 70 valence electrons. The van der Waals surface area contributed by atoms with Gasteiger partial charge in [-0.3, -0.25) is 9.78 Å². The van der Waals surface area contributed by atoms with Crippen LogP contribution in [0.25, 0.3) is 0 Å². The van der Waals surface area contributed by atoms with Crippen LogP contribution in [-0.4, -0.2) is 10.9 Å². The van der Waals surface area contributed by atoms with E-state index >= 15 is 0 Å². The van der Waals surface area contributed by atoms with E-state index < -0.39 is 11.9 Å². The molecule has 1 aromatic rings. The summed E-state index contributed by atoms with van der Waals surface area (Å²) in [6, 6.07) is 1.24. The Labute approximate surface area is 80.9 Å². The second kappa shape index (κ2) is 4.20. The van der Waals surface area contributed by atoms with Gasteiger partial charge in [0, 0.05) is 24.9 Å². The molecule has 0 aromatic carbocycles. The Balaban J connectivity index is 2.76. The quantitative estimate of drug-likeness (QED) is 0.749. The van der Waals surface area contributed by atoms with E-state index in [1.165, 1.54) is 6.20 Å². The third kappa shape index (κ3) is 3.01. The summed E-state index contributed by atoms with van der Waals surface area (Å²) in [7, 11) is 0. The average Bonchev–Trinajstić information content (AvgIpc) is 2.03. The minimum atomic E-state index is -0.438. The van der Waals surface area contributed by atoms with Crippen molar-refractivity contribution in [2.24, 2.45) is 11.5 Å². The smallest absolute Gasteiger partial charge is 0.219 e. The summed E-state index contributed by atoms with van der Waals surface area (Å²) in [5, 5.41) is 0.498. The van der Waals surface area contributed by atoms with Crippen molar-refractivity contribution in [2.75, 3.05) is 0 Å². The lowest BCUT2D eigenvalue weighted by Crippen LogP contribution is -2.20. The maximum atomic E-state index is 10.6. The molecule has 1 amide bonds. The Kier molecular flexibility index (Phi) is 3.22. The Morgan fingerprint density at radius 1 is 1.62 bits per heavy atom. The predicted molar refractivity (Wildman–Crippen MR) is 50.0 cm³/mol. The fraction of sp³-hybridized carbons (Fsp3) is 0.250. The van der Waals surface area contributed by atoms with Gasteiger partial charge in [0.15, 0.2) is 0 Å². The lowest BCUT2D eigenvalue weighted by Gasteiger charge is -2.08. The average molecular weight is 200 g/mol. The van der Waals surface area contributed by atoms with Crippen molar-refractivity contribution >= 4 is 17.5 Å². The normalized spacial score (nSPS) is 12.5. The van der Waals surface area contributed by atoms with E-state index in [-0.39, 0.29) is 6.42 Å². The summed E-state index contributed by atoms with van der Waals surface area (Å²) in [4.78, 5) is 14.4. The van der Waals surface area contributed by atoms with Gasteiger partial charge >= 0.3 is 0 Å². The zero-order chi connectivity index (χ0) is 9.84. The molecular formula is C8H10ClN3O. The van der Waals surface area contributed by atoms with Crippen LogP contribution in [0.2, 0.25) is 5.02 Å². The Bertz CT molecular complexity index is 316. The molecule has 0 saturated heterocycles. The molecule has 0 aliphatic heterocycles. The molecule has 0 radical (unpaired) electrons. The van der Waals surface area contributed by atoms with Gasteiger partial charge in [-0.05, 0) is 11.6 Å². The number of carbonyl (C=O) groups excluding carboxylic acids is 1. The summed E-state index contributed by atoms with van der Waals surface area (Å²) in [5.41, 5.74) is 11.4. The fourth-order valence-corrected chi connectivity index (χ4v) is 1.15. The third-order valence-electron chi connectivity index (χ3n) is 1.58. The van der Waals surface area contributed by atoms with Crippen molar-refractivity contribution in [3.8, 4) is 0 Å². The van der Waals surface area contributed by atoms with Gasteiger partial charge in [-0.25, -0.2) is 0 Å². The number of nitrogens with two attached hydrogens (primary N) is 2. The first kappa shape index (κ1) is 9.95. The van der Waals surface area contributed by atoms with E-state index in [4.69, 9.17) is 23.1 Å². The number of rotatable bonds is 3. The summed E-state index contributed by atoms with van der Waals surface area (Å²) in [5.74, 6) is -0.438. The third-order valence-corrected chi connectivity index (χ3v) is 1.78. The van der Waals surface area contributed by atoms with Crippen molar-refractivity contribution in [3.63, 3.8) is 0 Å². The maximum Gasteiger partial charge on any atom is 0.219 e. The van der Waals surface area contributed by atoms with Crippen molar-refractivity contribution < 1.29 is 4.79 Å². The highest BCUT2D eigenvalue weighted by atomic mass is 35.5. The minimum absolute atomic E-state index is 0.0992. The maximum absolute atomic E-state index is 10.6. The zero-order valence-corrected chi connectivity index (χ0v) is 7.66. The minimum Gasteiger partial charge on any atom is -0.370 e. The van der Waals surface area contributed by atoms with Crippen molar-refractivity contribution in [1.82, 2.24) is 4.98 Å². The Morgan fingerprint density at radius 3 is 2.85 bits per heavy atom. The van der Waals surface area contributed by atoms with Gasteiger partial charge in [0.1, 0.15) is 0 Å². The molecule has 5 heteroatoms. The van der Waals surface area contributed by atoms with Crippen LogP contribution in [0.1, 0.15) is 18.0 Å². The highest BCUT2D eigenvalue weighted by molar-refractivity contribution is 6.30. The fourth-order valence-electron chi connectivity index (χ4n) is 0.966. The molecule has 1 atom stereocenters. The van der Waals surface area contributed by atoms with Gasteiger partial charge < -0.3 is 11.5 Å². The topological polar surface area (TPSA) is 82.0 Å². The molecule has 0 aliphatic carbocycles. The number of hydrogen-bond donors (Lipinski definition) is 2. The molecule has 1 rings (SSSR count). The SMILES string of the molecule is NC(=O)CC(N)c1cncc(Cl)c1. The summed E-state index contributed by atoms with van der Waals surface area (Å²) < 4.78 is 0. The standard InChI is InChI=1S/C8H10ClN3O/c9-6-1-5(3-12-4-6)7(10)2-8(11)13/h1,3-4,7H,2,10H2,(H2,11,13). The second-order valence-corrected chi connectivity index (χ2v) is 3.15. The van der Waals surface area contributed by atoms with Gasteiger partial charge in [0.2, 0.25) is 5.91 Å².